The molecule has 0 amide bonds. The Labute approximate surface area is 86.7 Å². The number of hydrogen-bond donors (Lipinski definition) is 0. The quantitative estimate of drug-likeness (QED) is 0.688. The molecule has 14 heavy (non-hydrogen) atoms. The minimum absolute atomic E-state index is 0.770. The van der Waals surface area contributed by atoms with Crippen LogP contribution >= 0.6 is 0 Å². The molecular formula is C13H19N. The standard InChI is InChI=1S/C13H19N/c1-14(12-8-4-2-5-9-12)13-10-6-3-7-11-13/h2,4-5,8-9,13H,3,6-7,10-11H2,1H3. The van der Waals surface area contributed by atoms with Gasteiger partial charge in [-0.25, -0.2) is 0 Å². The first-order valence-corrected chi connectivity index (χ1v) is 5.66. The summed E-state index contributed by atoms with van der Waals surface area (Å²) in [7, 11) is 2.23. The number of hydrogen-bond acceptors (Lipinski definition) is 1. The topological polar surface area (TPSA) is 3.24 Å². The van der Waals surface area contributed by atoms with Gasteiger partial charge in [-0.15, -0.1) is 0 Å². The van der Waals surface area contributed by atoms with Gasteiger partial charge in [0.1, 0.15) is 0 Å². The first kappa shape index (κ1) is 9.57. The first-order chi connectivity index (χ1) is 6.88. The smallest absolute Gasteiger partial charge is 0.0366 e. The molecule has 0 saturated heterocycles. The van der Waals surface area contributed by atoms with Gasteiger partial charge in [0.15, 0.2) is 0 Å². The summed E-state index contributed by atoms with van der Waals surface area (Å²) in [6, 6.07) is 11.5. The van der Waals surface area contributed by atoms with Crippen molar-refractivity contribution in [3.63, 3.8) is 0 Å². The monoisotopic (exact) mass is 189 g/mol. The van der Waals surface area contributed by atoms with E-state index in [1.54, 1.807) is 0 Å². The van der Waals surface area contributed by atoms with Gasteiger partial charge in [0.2, 0.25) is 0 Å². The van der Waals surface area contributed by atoms with E-state index < -0.39 is 0 Å². The zero-order valence-corrected chi connectivity index (χ0v) is 8.95. The molecule has 1 aromatic rings. The maximum Gasteiger partial charge on any atom is 0.0366 e. The van der Waals surface area contributed by atoms with Gasteiger partial charge >= 0.3 is 0 Å². The van der Waals surface area contributed by atoms with E-state index in [0.717, 1.165) is 6.04 Å². The molecule has 0 bridgehead atoms. The van der Waals surface area contributed by atoms with Crippen LogP contribution in [0.4, 0.5) is 5.69 Å². The lowest BCUT2D eigenvalue weighted by Gasteiger charge is -2.32. The lowest BCUT2D eigenvalue weighted by atomic mass is 9.94. The Morgan fingerprint density at radius 1 is 1.00 bits per heavy atom. The van der Waals surface area contributed by atoms with Crippen LogP contribution in [-0.4, -0.2) is 13.1 Å². The Bertz CT molecular complexity index is 262. The fourth-order valence-electron chi connectivity index (χ4n) is 2.34. The summed E-state index contributed by atoms with van der Waals surface area (Å²) in [5.41, 5.74) is 1.36. The Balaban J connectivity index is 2.03. The van der Waals surface area contributed by atoms with E-state index in [4.69, 9.17) is 0 Å². The Hall–Kier alpha value is -0.980. The van der Waals surface area contributed by atoms with Gasteiger partial charge in [-0.3, -0.25) is 0 Å². The highest BCUT2D eigenvalue weighted by Crippen LogP contribution is 2.25. The van der Waals surface area contributed by atoms with Gasteiger partial charge in [-0.2, -0.15) is 0 Å². The first-order valence-electron chi connectivity index (χ1n) is 5.66. The van der Waals surface area contributed by atoms with Crippen molar-refractivity contribution in [2.45, 2.75) is 38.1 Å². The van der Waals surface area contributed by atoms with Gasteiger partial charge in [0.25, 0.3) is 0 Å². The van der Waals surface area contributed by atoms with Crippen molar-refractivity contribution in [1.82, 2.24) is 0 Å². The second kappa shape index (κ2) is 4.50. The second-order valence-corrected chi connectivity index (χ2v) is 4.24. The maximum absolute atomic E-state index is 2.44. The van der Waals surface area contributed by atoms with E-state index in [-0.39, 0.29) is 0 Å². The minimum atomic E-state index is 0.770. The molecule has 76 valence electrons. The molecule has 1 fully saturated rings. The molecule has 0 unspecified atom stereocenters. The molecule has 1 heteroatoms. The van der Waals surface area contributed by atoms with Crippen molar-refractivity contribution in [1.29, 1.82) is 0 Å². The molecule has 1 saturated carbocycles. The number of para-hydroxylation sites is 1. The number of anilines is 1. The van der Waals surface area contributed by atoms with Crippen LogP contribution < -0.4 is 4.90 Å². The average molecular weight is 189 g/mol. The van der Waals surface area contributed by atoms with Crippen LogP contribution in [-0.2, 0) is 0 Å². The van der Waals surface area contributed by atoms with Crippen LogP contribution in [0.2, 0.25) is 0 Å². The van der Waals surface area contributed by atoms with Crippen LogP contribution in [0.25, 0.3) is 0 Å². The van der Waals surface area contributed by atoms with E-state index in [1.165, 1.54) is 37.8 Å². The van der Waals surface area contributed by atoms with Crippen LogP contribution in [0.5, 0.6) is 0 Å². The third-order valence-electron chi connectivity index (χ3n) is 3.29. The zero-order chi connectivity index (χ0) is 9.80. The molecule has 0 heterocycles. The van der Waals surface area contributed by atoms with Crippen molar-refractivity contribution in [2.75, 3.05) is 11.9 Å². The number of nitrogens with zero attached hydrogens (tertiary/aromatic N) is 1. The summed E-state index contributed by atoms with van der Waals surface area (Å²) in [5.74, 6) is 0. The van der Waals surface area contributed by atoms with E-state index in [1.807, 2.05) is 0 Å². The van der Waals surface area contributed by atoms with Gasteiger partial charge in [0, 0.05) is 18.8 Å². The molecular weight excluding hydrogens is 170 g/mol. The minimum Gasteiger partial charge on any atom is -0.372 e. The lowest BCUT2D eigenvalue weighted by Crippen LogP contribution is -2.33. The van der Waals surface area contributed by atoms with Crippen LogP contribution in [0.15, 0.2) is 30.3 Å². The van der Waals surface area contributed by atoms with E-state index >= 15 is 0 Å². The van der Waals surface area contributed by atoms with E-state index in [0.29, 0.717) is 0 Å². The van der Waals surface area contributed by atoms with Crippen molar-refractivity contribution in [3.05, 3.63) is 30.3 Å². The molecule has 0 radical (unpaired) electrons. The summed E-state index contributed by atoms with van der Waals surface area (Å²) in [4.78, 5) is 2.44. The maximum atomic E-state index is 2.44. The molecule has 2 rings (SSSR count). The van der Waals surface area contributed by atoms with E-state index in [2.05, 4.69) is 42.3 Å². The summed E-state index contributed by atoms with van der Waals surface area (Å²) >= 11 is 0. The molecule has 1 aliphatic rings. The molecule has 0 N–H and O–H groups in total. The van der Waals surface area contributed by atoms with Crippen molar-refractivity contribution in [3.8, 4) is 0 Å². The highest BCUT2D eigenvalue weighted by Gasteiger charge is 2.17. The molecule has 1 aromatic carbocycles. The van der Waals surface area contributed by atoms with Gasteiger partial charge in [0.05, 0.1) is 0 Å². The zero-order valence-electron chi connectivity index (χ0n) is 8.95. The lowest BCUT2D eigenvalue weighted by molar-refractivity contribution is 0.427. The highest BCUT2D eigenvalue weighted by molar-refractivity contribution is 5.46. The fraction of sp³-hybridized carbons (Fsp3) is 0.538. The SMILES string of the molecule is CN(c1ccccc1)C1CCCCC1. The summed E-state index contributed by atoms with van der Waals surface area (Å²) in [6.07, 6.45) is 6.97. The van der Waals surface area contributed by atoms with Crippen molar-refractivity contribution < 1.29 is 0 Å². The summed E-state index contributed by atoms with van der Waals surface area (Å²) in [6.45, 7) is 0. The van der Waals surface area contributed by atoms with Crippen LogP contribution in [0.3, 0.4) is 0 Å². The number of benzene rings is 1. The summed E-state index contributed by atoms with van der Waals surface area (Å²) in [5, 5.41) is 0. The molecule has 0 aliphatic heterocycles. The highest BCUT2D eigenvalue weighted by atomic mass is 15.1. The van der Waals surface area contributed by atoms with Crippen molar-refractivity contribution in [2.24, 2.45) is 0 Å². The van der Waals surface area contributed by atoms with Crippen LogP contribution in [0.1, 0.15) is 32.1 Å². The second-order valence-electron chi connectivity index (χ2n) is 4.24. The molecule has 0 atom stereocenters. The summed E-state index contributed by atoms with van der Waals surface area (Å²) < 4.78 is 0. The molecule has 0 aromatic heterocycles. The Kier molecular flexibility index (Phi) is 3.07. The fourth-order valence-corrected chi connectivity index (χ4v) is 2.34. The molecule has 1 nitrogen and oxygen atoms in total. The average Bonchev–Trinajstić information content (AvgIpc) is 2.30. The Morgan fingerprint density at radius 3 is 2.29 bits per heavy atom. The van der Waals surface area contributed by atoms with Gasteiger partial charge in [-0.05, 0) is 25.0 Å². The molecule has 1 aliphatic carbocycles. The van der Waals surface area contributed by atoms with E-state index in [9.17, 15) is 0 Å². The Morgan fingerprint density at radius 2 is 1.64 bits per heavy atom. The third-order valence-corrected chi connectivity index (χ3v) is 3.29. The van der Waals surface area contributed by atoms with Crippen molar-refractivity contribution >= 4 is 5.69 Å². The number of rotatable bonds is 2. The predicted octanol–water partition coefficient (Wildman–Crippen LogP) is 3.46. The van der Waals surface area contributed by atoms with Gasteiger partial charge < -0.3 is 4.90 Å². The predicted molar refractivity (Wildman–Crippen MR) is 61.7 cm³/mol. The van der Waals surface area contributed by atoms with Gasteiger partial charge in [-0.1, -0.05) is 37.5 Å². The molecule has 0 spiro atoms. The van der Waals surface area contributed by atoms with Crippen LogP contribution in [0, 0.1) is 0 Å². The normalized spacial score (nSPS) is 18.1. The largest absolute Gasteiger partial charge is 0.372 e. The third kappa shape index (κ3) is 2.09.